The molecule has 1 atom stereocenters. The molecule has 0 spiro atoms. The third kappa shape index (κ3) is 2.51. The number of carbonyl (C=O) groups is 1. The third-order valence-electron chi connectivity index (χ3n) is 2.78. The highest BCUT2D eigenvalue weighted by Gasteiger charge is 2.21. The van der Waals surface area contributed by atoms with Gasteiger partial charge < -0.3 is 10.2 Å². The Kier molecular flexibility index (Phi) is 3.74. The molecule has 2 heterocycles. The SMILES string of the molecule is O=CN1CCCNCC1c1ccc(Cl)nc1. The molecule has 4 nitrogen and oxygen atoms in total. The Labute approximate surface area is 99.6 Å². The van der Waals surface area contributed by atoms with Gasteiger partial charge in [0.1, 0.15) is 5.15 Å². The van der Waals surface area contributed by atoms with Crippen molar-refractivity contribution in [2.24, 2.45) is 0 Å². The molecule has 5 heteroatoms. The van der Waals surface area contributed by atoms with Crippen LogP contribution in [0.2, 0.25) is 5.15 Å². The first kappa shape index (κ1) is 11.4. The minimum Gasteiger partial charge on any atom is -0.337 e. The van der Waals surface area contributed by atoms with E-state index >= 15 is 0 Å². The van der Waals surface area contributed by atoms with Gasteiger partial charge >= 0.3 is 0 Å². The second-order valence-corrected chi connectivity index (χ2v) is 4.22. The molecule has 86 valence electrons. The molecular weight excluding hydrogens is 226 g/mol. The van der Waals surface area contributed by atoms with Crippen molar-refractivity contribution in [3.8, 4) is 0 Å². The van der Waals surface area contributed by atoms with Crippen LogP contribution >= 0.6 is 11.6 Å². The van der Waals surface area contributed by atoms with Gasteiger partial charge in [-0.15, -0.1) is 0 Å². The van der Waals surface area contributed by atoms with Crippen molar-refractivity contribution in [3.63, 3.8) is 0 Å². The molecular formula is C11H14ClN3O. The van der Waals surface area contributed by atoms with Crippen LogP contribution in [0.25, 0.3) is 0 Å². The van der Waals surface area contributed by atoms with Gasteiger partial charge in [0.2, 0.25) is 6.41 Å². The maximum Gasteiger partial charge on any atom is 0.210 e. The predicted molar refractivity (Wildman–Crippen MR) is 62.2 cm³/mol. The van der Waals surface area contributed by atoms with E-state index < -0.39 is 0 Å². The van der Waals surface area contributed by atoms with Crippen LogP contribution in [0.15, 0.2) is 18.3 Å². The van der Waals surface area contributed by atoms with E-state index in [1.165, 1.54) is 0 Å². The topological polar surface area (TPSA) is 45.2 Å². The molecule has 0 aromatic carbocycles. The Bertz CT molecular complexity index is 355. The molecule has 1 aliphatic rings. The van der Waals surface area contributed by atoms with Gasteiger partial charge in [0.15, 0.2) is 0 Å². The van der Waals surface area contributed by atoms with Crippen LogP contribution in [0.1, 0.15) is 18.0 Å². The lowest BCUT2D eigenvalue weighted by Crippen LogP contribution is -2.31. The molecule has 0 radical (unpaired) electrons. The molecule has 1 saturated heterocycles. The van der Waals surface area contributed by atoms with Crippen LogP contribution in [0.5, 0.6) is 0 Å². The second-order valence-electron chi connectivity index (χ2n) is 3.83. The van der Waals surface area contributed by atoms with Gasteiger partial charge in [-0.3, -0.25) is 4.79 Å². The van der Waals surface area contributed by atoms with Gasteiger partial charge in [-0.1, -0.05) is 17.7 Å². The number of pyridine rings is 1. The van der Waals surface area contributed by atoms with E-state index in [2.05, 4.69) is 10.3 Å². The van der Waals surface area contributed by atoms with Crippen LogP contribution < -0.4 is 5.32 Å². The van der Waals surface area contributed by atoms with Crippen LogP contribution in [-0.4, -0.2) is 35.9 Å². The van der Waals surface area contributed by atoms with Gasteiger partial charge in [-0.25, -0.2) is 4.98 Å². The van der Waals surface area contributed by atoms with Gasteiger partial charge in [-0.05, 0) is 24.6 Å². The van der Waals surface area contributed by atoms with E-state index in [1.807, 2.05) is 11.0 Å². The number of carbonyl (C=O) groups excluding carboxylic acids is 1. The van der Waals surface area contributed by atoms with Crippen molar-refractivity contribution in [2.75, 3.05) is 19.6 Å². The molecule has 1 N–H and O–H groups in total. The zero-order chi connectivity index (χ0) is 11.4. The van der Waals surface area contributed by atoms with Gasteiger partial charge in [-0.2, -0.15) is 0 Å². The second kappa shape index (κ2) is 5.27. The highest BCUT2D eigenvalue weighted by atomic mass is 35.5. The number of aromatic nitrogens is 1. The minimum atomic E-state index is 0.0600. The molecule has 16 heavy (non-hydrogen) atoms. The van der Waals surface area contributed by atoms with Crippen molar-refractivity contribution in [1.82, 2.24) is 15.2 Å². The normalized spacial score (nSPS) is 21.6. The van der Waals surface area contributed by atoms with Crippen molar-refractivity contribution in [2.45, 2.75) is 12.5 Å². The molecule has 2 rings (SSSR count). The zero-order valence-electron chi connectivity index (χ0n) is 8.90. The molecule has 1 aromatic rings. The predicted octanol–water partition coefficient (Wildman–Crippen LogP) is 1.23. The maximum absolute atomic E-state index is 11.0. The lowest BCUT2D eigenvalue weighted by Gasteiger charge is -2.25. The number of nitrogens with zero attached hydrogens (tertiary/aromatic N) is 2. The Morgan fingerprint density at radius 2 is 2.44 bits per heavy atom. The van der Waals surface area contributed by atoms with Crippen LogP contribution in [0, 0.1) is 0 Å². The molecule has 1 aliphatic heterocycles. The Balaban J connectivity index is 2.21. The smallest absolute Gasteiger partial charge is 0.210 e. The van der Waals surface area contributed by atoms with E-state index in [-0.39, 0.29) is 6.04 Å². The van der Waals surface area contributed by atoms with Crippen LogP contribution in [0.3, 0.4) is 0 Å². The van der Waals surface area contributed by atoms with Crippen molar-refractivity contribution >= 4 is 18.0 Å². The van der Waals surface area contributed by atoms with Crippen LogP contribution in [0.4, 0.5) is 0 Å². The summed E-state index contributed by atoms with van der Waals surface area (Å²) in [5, 5.41) is 3.79. The number of hydrogen-bond donors (Lipinski definition) is 1. The molecule has 0 aliphatic carbocycles. The molecule has 1 fully saturated rings. The first-order valence-corrected chi connectivity index (χ1v) is 5.72. The first-order chi connectivity index (χ1) is 7.81. The third-order valence-corrected chi connectivity index (χ3v) is 3.00. The maximum atomic E-state index is 11.0. The quantitative estimate of drug-likeness (QED) is 0.624. The van der Waals surface area contributed by atoms with Crippen molar-refractivity contribution in [1.29, 1.82) is 0 Å². The Morgan fingerprint density at radius 3 is 3.12 bits per heavy atom. The Hall–Kier alpha value is -1.13. The highest BCUT2D eigenvalue weighted by Crippen LogP contribution is 2.20. The lowest BCUT2D eigenvalue weighted by molar-refractivity contribution is -0.120. The number of nitrogens with one attached hydrogen (secondary N) is 1. The average molecular weight is 240 g/mol. The summed E-state index contributed by atoms with van der Waals surface area (Å²) in [4.78, 5) is 16.9. The largest absolute Gasteiger partial charge is 0.337 e. The number of halogens is 1. The average Bonchev–Trinajstić information content (AvgIpc) is 2.55. The first-order valence-electron chi connectivity index (χ1n) is 5.34. The summed E-state index contributed by atoms with van der Waals surface area (Å²) in [6.07, 6.45) is 3.62. The summed E-state index contributed by atoms with van der Waals surface area (Å²) >= 11 is 5.74. The van der Waals surface area contributed by atoms with E-state index in [4.69, 9.17) is 11.6 Å². The van der Waals surface area contributed by atoms with E-state index in [1.54, 1.807) is 12.3 Å². The van der Waals surface area contributed by atoms with E-state index in [0.717, 1.165) is 38.0 Å². The summed E-state index contributed by atoms with van der Waals surface area (Å²) in [6, 6.07) is 3.73. The van der Waals surface area contributed by atoms with E-state index in [0.29, 0.717) is 5.15 Å². The van der Waals surface area contributed by atoms with Gasteiger partial charge in [0, 0.05) is 19.3 Å². The molecule has 1 amide bonds. The fourth-order valence-electron chi connectivity index (χ4n) is 1.92. The Morgan fingerprint density at radius 1 is 1.56 bits per heavy atom. The zero-order valence-corrected chi connectivity index (χ0v) is 9.65. The van der Waals surface area contributed by atoms with Crippen molar-refractivity contribution in [3.05, 3.63) is 29.0 Å². The fraction of sp³-hybridized carbons (Fsp3) is 0.455. The standard InChI is InChI=1S/C11H14ClN3O/c12-11-3-2-9(6-14-11)10-7-13-4-1-5-15(10)8-16/h2-3,6,8,10,13H,1,4-5,7H2. The summed E-state index contributed by atoms with van der Waals surface area (Å²) in [7, 11) is 0. The molecule has 0 bridgehead atoms. The summed E-state index contributed by atoms with van der Waals surface area (Å²) in [6.45, 7) is 2.49. The van der Waals surface area contributed by atoms with Crippen LogP contribution in [-0.2, 0) is 4.79 Å². The molecule has 0 saturated carbocycles. The number of hydrogen-bond acceptors (Lipinski definition) is 3. The lowest BCUT2D eigenvalue weighted by atomic mass is 10.1. The molecule has 1 unspecified atom stereocenters. The monoisotopic (exact) mass is 239 g/mol. The van der Waals surface area contributed by atoms with Gasteiger partial charge in [0.05, 0.1) is 6.04 Å². The number of rotatable bonds is 2. The van der Waals surface area contributed by atoms with Gasteiger partial charge in [0.25, 0.3) is 0 Å². The fourth-order valence-corrected chi connectivity index (χ4v) is 2.03. The summed E-state index contributed by atoms with van der Waals surface area (Å²) < 4.78 is 0. The highest BCUT2D eigenvalue weighted by molar-refractivity contribution is 6.29. The molecule has 1 aromatic heterocycles. The van der Waals surface area contributed by atoms with E-state index in [9.17, 15) is 4.79 Å². The van der Waals surface area contributed by atoms with Crippen molar-refractivity contribution < 1.29 is 4.79 Å². The minimum absolute atomic E-state index is 0.0600. The number of amides is 1. The summed E-state index contributed by atoms with van der Waals surface area (Å²) in [5.41, 5.74) is 1.02. The summed E-state index contributed by atoms with van der Waals surface area (Å²) in [5.74, 6) is 0.